The first kappa shape index (κ1) is 61.6. The number of hydrogen-bond donors (Lipinski definition) is 0. The van der Waals surface area contributed by atoms with Gasteiger partial charge in [0.15, 0.2) is 0 Å². The van der Waals surface area contributed by atoms with Gasteiger partial charge in [0.1, 0.15) is 0 Å². The molecule has 0 aliphatic heterocycles. The predicted molar refractivity (Wildman–Crippen MR) is 244 cm³/mol. The molecule has 0 bridgehead atoms. The Bertz CT molecular complexity index is 751. The van der Waals surface area contributed by atoms with Gasteiger partial charge < -0.3 is 19.8 Å². The van der Waals surface area contributed by atoms with Crippen molar-refractivity contribution in [1.82, 2.24) is 0 Å². The molecule has 0 amide bonds. The van der Waals surface area contributed by atoms with E-state index in [1.807, 2.05) is 0 Å². The van der Waals surface area contributed by atoms with E-state index in [4.69, 9.17) is 3.67 Å². The van der Waals surface area contributed by atoms with Crippen LogP contribution in [0.3, 0.4) is 0 Å². The fourth-order valence-electron chi connectivity index (χ4n) is 8.74. The molecule has 0 saturated heterocycles. The van der Waals surface area contributed by atoms with Crippen LogP contribution in [0.25, 0.3) is 0 Å². The van der Waals surface area contributed by atoms with E-state index in [1.54, 1.807) is 0 Å². The molecule has 0 aliphatic rings. The van der Waals surface area contributed by atoms with Gasteiger partial charge in [0.2, 0.25) is 0 Å². The Morgan fingerprint density at radius 1 is 0.276 bits per heavy atom. The molecule has 0 aromatic heterocycles. The number of unbranched alkanes of at least 4 members (excludes halogenated alkanes) is 30. The van der Waals surface area contributed by atoms with E-state index in [0.717, 1.165) is 120 Å². The van der Waals surface area contributed by atoms with Crippen LogP contribution in [0.4, 0.5) is 0 Å². The average molecular weight is 858 g/mol. The van der Waals surface area contributed by atoms with Gasteiger partial charge in [0.25, 0.3) is 0 Å². The molecular weight excluding hydrogens is 756 g/mol. The molecule has 0 fully saturated rings. The summed E-state index contributed by atoms with van der Waals surface area (Å²) < 4.78 is 8.19. The van der Waals surface area contributed by atoms with E-state index < -0.39 is 22.8 Å². The summed E-state index contributed by atoms with van der Waals surface area (Å²) >= 11 is 1.06. The molecule has 0 saturated carbocycles. The van der Waals surface area contributed by atoms with E-state index in [2.05, 4.69) is 41.5 Å². The topological polar surface area (TPSA) is 97.3 Å². The van der Waals surface area contributed by atoms with Crippen LogP contribution >= 0.6 is 0 Å². The van der Waals surface area contributed by atoms with Gasteiger partial charge in [-0.1, -0.05) is 273 Å². The van der Waals surface area contributed by atoms with Crippen LogP contribution in [0, 0.1) is 10.8 Å². The van der Waals surface area contributed by atoms with Gasteiger partial charge in [-0.15, -0.1) is 0 Å². The van der Waals surface area contributed by atoms with Crippen LogP contribution in [0.5, 0.6) is 0 Å². The van der Waals surface area contributed by atoms with E-state index >= 15 is 0 Å². The molecule has 0 unspecified atom stereocenters. The molecular formula is C52H102O5V. The van der Waals surface area contributed by atoms with Gasteiger partial charge in [0.05, 0.1) is 0 Å². The molecule has 0 aromatic carbocycles. The van der Waals surface area contributed by atoms with Gasteiger partial charge in [0, 0.05) is 22.8 Å². The molecule has 0 heterocycles. The SMILES string of the molecule is CCCCCCCCCCCCCCCCC(CCCC)(CCCC)C(=O)[O-].CCCCCCCCCCCCCCCCC(CCCC)(CCCC)C(=O)[O-].[O]=[V+2]. The minimum atomic E-state index is -0.788. The standard InChI is InChI=1S/2C26H52O2.O.V/c2*1-4-7-10-11-12-13-14-15-16-17-18-19-20-21-24-26(25(27)28,22-8-5-2)23-9-6-3;;/h2*4-24H2,1-3H3,(H,27,28);;/q;;;+2/p-2. The van der Waals surface area contributed by atoms with Crippen molar-refractivity contribution in [2.75, 3.05) is 0 Å². The van der Waals surface area contributed by atoms with E-state index in [9.17, 15) is 19.8 Å². The summed E-state index contributed by atoms with van der Waals surface area (Å²) in [6.07, 6.45) is 50.8. The van der Waals surface area contributed by atoms with Gasteiger partial charge in [-0.05, 0) is 38.5 Å². The monoisotopic (exact) mass is 858 g/mol. The zero-order valence-electron chi connectivity index (χ0n) is 40.2. The van der Waals surface area contributed by atoms with E-state index in [0.29, 0.717) is 0 Å². The Kier molecular flexibility index (Phi) is 52.0. The number of carboxylic acid groups (broad SMARTS) is 2. The van der Waals surface area contributed by atoms with Gasteiger partial charge >= 0.3 is 21.0 Å². The first-order chi connectivity index (χ1) is 28.3. The van der Waals surface area contributed by atoms with Crippen LogP contribution in [0.1, 0.15) is 311 Å². The summed E-state index contributed by atoms with van der Waals surface area (Å²) in [6.45, 7) is 13.1. The van der Waals surface area contributed by atoms with Crippen molar-refractivity contribution in [1.29, 1.82) is 0 Å². The summed E-state index contributed by atoms with van der Waals surface area (Å²) in [7, 11) is 0. The van der Waals surface area contributed by atoms with Crippen LogP contribution in [0.15, 0.2) is 0 Å². The molecule has 0 atom stereocenters. The second-order valence-corrected chi connectivity index (χ2v) is 18.2. The Morgan fingerprint density at radius 2 is 0.414 bits per heavy atom. The third-order valence-electron chi connectivity index (χ3n) is 12.9. The maximum absolute atomic E-state index is 11.9. The third-order valence-corrected chi connectivity index (χ3v) is 12.9. The molecule has 0 spiro atoms. The molecule has 5 nitrogen and oxygen atoms in total. The fourth-order valence-corrected chi connectivity index (χ4v) is 8.74. The fraction of sp³-hybridized carbons (Fsp3) is 0.962. The van der Waals surface area contributed by atoms with Crippen LogP contribution in [-0.4, -0.2) is 11.9 Å². The van der Waals surface area contributed by atoms with E-state index in [-0.39, 0.29) is 0 Å². The number of carbonyl (C=O) groups excluding carboxylic acids is 2. The Hall–Kier alpha value is -0.676. The van der Waals surface area contributed by atoms with Crippen molar-refractivity contribution < 1.29 is 40.8 Å². The predicted octanol–water partition coefficient (Wildman–Crippen LogP) is 15.8. The summed E-state index contributed by atoms with van der Waals surface area (Å²) in [5, 5.41) is 23.8. The van der Waals surface area contributed by atoms with Crippen molar-refractivity contribution in [3.63, 3.8) is 0 Å². The van der Waals surface area contributed by atoms with Crippen LogP contribution in [-0.2, 0) is 30.6 Å². The summed E-state index contributed by atoms with van der Waals surface area (Å²) in [5.74, 6) is -1.58. The third kappa shape index (κ3) is 38.3. The molecule has 6 heteroatoms. The maximum atomic E-state index is 11.9. The summed E-state index contributed by atoms with van der Waals surface area (Å²) in [4.78, 5) is 23.8. The normalized spacial score (nSPS) is 11.5. The molecule has 0 rings (SSSR count). The van der Waals surface area contributed by atoms with Crippen molar-refractivity contribution in [3.8, 4) is 0 Å². The summed E-state index contributed by atoms with van der Waals surface area (Å²) in [6, 6.07) is 0. The minimum absolute atomic E-state index is 0.552. The van der Waals surface area contributed by atoms with Crippen molar-refractivity contribution in [2.24, 2.45) is 10.8 Å². The van der Waals surface area contributed by atoms with Crippen molar-refractivity contribution >= 4 is 11.9 Å². The molecule has 58 heavy (non-hydrogen) atoms. The number of carbonyl (C=O) groups is 2. The Labute approximate surface area is 373 Å². The van der Waals surface area contributed by atoms with Crippen LogP contribution < -0.4 is 10.2 Å². The first-order valence-corrected chi connectivity index (χ1v) is 26.4. The molecule has 0 aliphatic carbocycles. The average Bonchev–Trinajstić information content (AvgIpc) is 3.23. The van der Waals surface area contributed by atoms with Crippen LogP contribution in [0.2, 0.25) is 0 Å². The zero-order chi connectivity index (χ0) is 43.9. The quantitative estimate of drug-likeness (QED) is 0.0569. The molecule has 0 N–H and O–H groups in total. The number of rotatable bonds is 44. The molecule has 345 valence electrons. The molecule has 0 aromatic rings. The number of carboxylic acids is 2. The van der Waals surface area contributed by atoms with Crippen molar-refractivity contribution in [2.45, 2.75) is 311 Å². The second kappa shape index (κ2) is 49.0. The van der Waals surface area contributed by atoms with Gasteiger partial charge in [-0.2, -0.15) is 0 Å². The number of hydrogen-bond acceptors (Lipinski definition) is 5. The second-order valence-electron chi connectivity index (χ2n) is 18.2. The zero-order valence-corrected chi connectivity index (χ0v) is 41.6. The Morgan fingerprint density at radius 3 is 0.569 bits per heavy atom. The number of aliphatic carboxylic acids is 2. The Balaban J connectivity index is -0.000001000. The van der Waals surface area contributed by atoms with Gasteiger partial charge in [-0.25, -0.2) is 0 Å². The van der Waals surface area contributed by atoms with Gasteiger partial charge in [-0.3, -0.25) is 0 Å². The van der Waals surface area contributed by atoms with Crippen molar-refractivity contribution in [3.05, 3.63) is 0 Å². The first-order valence-electron chi connectivity index (χ1n) is 25.9. The molecule has 0 radical (unpaired) electrons. The van der Waals surface area contributed by atoms with E-state index in [1.165, 1.54) is 167 Å². The summed E-state index contributed by atoms with van der Waals surface area (Å²) in [5.41, 5.74) is -1.10.